The minimum Gasteiger partial charge on any atom is -0.310 e. The van der Waals surface area contributed by atoms with E-state index in [1.165, 1.54) is 12.8 Å². The molecular weight excluding hydrogens is 220 g/mol. The minimum atomic E-state index is 0.367. The molecule has 0 fully saturated rings. The summed E-state index contributed by atoms with van der Waals surface area (Å²) in [5.74, 6) is 0. The monoisotopic (exact) mass is 242 g/mol. The van der Waals surface area contributed by atoms with E-state index in [0.29, 0.717) is 4.75 Å². The summed E-state index contributed by atoms with van der Waals surface area (Å²) in [4.78, 5) is 0. The molecule has 1 rings (SSSR count). The van der Waals surface area contributed by atoms with E-state index in [4.69, 9.17) is 0 Å². The molecule has 0 aromatic carbocycles. The smallest absolute Gasteiger partial charge is 0.0738 e. The lowest BCUT2D eigenvalue weighted by Crippen LogP contribution is -2.36. The molecule has 0 bridgehead atoms. The van der Waals surface area contributed by atoms with E-state index in [9.17, 15) is 0 Å². The standard InChI is InChI=1S/C11H22N4S/c1-5-11(6-2,16-4)9-12-7-10-8-13-14-15(10)3/h8,12H,5-7,9H2,1-4H3. The first-order chi connectivity index (χ1) is 7.67. The van der Waals surface area contributed by atoms with Crippen molar-refractivity contribution >= 4 is 11.8 Å². The van der Waals surface area contributed by atoms with Crippen LogP contribution < -0.4 is 5.32 Å². The van der Waals surface area contributed by atoms with Crippen molar-refractivity contribution < 1.29 is 0 Å². The molecule has 0 saturated carbocycles. The molecule has 16 heavy (non-hydrogen) atoms. The second kappa shape index (κ2) is 6.25. The Kier molecular flexibility index (Phi) is 5.28. The highest BCUT2D eigenvalue weighted by atomic mass is 32.2. The predicted molar refractivity (Wildman–Crippen MR) is 69.5 cm³/mol. The van der Waals surface area contributed by atoms with E-state index >= 15 is 0 Å². The topological polar surface area (TPSA) is 42.7 Å². The van der Waals surface area contributed by atoms with Gasteiger partial charge in [0.2, 0.25) is 0 Å². The van der Waals surface area contributed by atoms with Gasteiger partial charge in [0.1, 0.15) is 0 Å². The third-order valence-electron chi connectivity index (χ3n) is 3.28. The molecule has 0 aliphatic carbocycles. The SMILES string of the molecule is CCC(CC)(CNCc1cnnn1C)SC. The van der Waals surface area contributed by atoms with Crippen molar-refractivity contribution in [2.24, 2.45) is 7.05 Å². The Morgan fingerprint density at radius 1 is 1.44 bits per heavy atom. The van der Waals surface area contributed by atoms with Gasteiger partial charge in [0, 0.05) is 24.9 Å². The van der Waals surface area contributed by atoms with E-state index in [0.717, 1.165) is 18.8 Å². The van der Waals surface area contributed by atoms with Crippen molar-refractivity contribution in [3.05, 3.63) is 11.9 Å². The van der Waals surface area contributed by atoms with Gasteiger partial charge in [-0.2, -0.15) is 11.8 Å². The molecule has 0 atom stereocenters. The molecule has 1 heterocycles. The lowest BCUT2D eigenvalue weighted by atomic mass is 10.0. The van der Waals surface area contributed by atoms with Gasteiger partial charge in [-0.25, -0.2) is 0 Å². The van der Waals surface area contributed by atoms with Gasteiger partial charge in [-0.15, -0.1) is 5.10 Å². The van der Waals surface area contributed by atoms with E-state index in [2.05, 4.69) is 35.7 Å². The number of thioether (sulfide) groups is 1. The van der Waals surface area contributed by atoms with Crippen LogP contribution in [0.3, 0.4) is 0 Å². The van der Waals surface area contributed by atoms with Crippen LogP contribution in [-0.4, -0.2) is 32.5 Å². The fraction of sp³-hybridized carbons (Fsp3) is 0.818. The van der Waals surface area contributed by atoms with Crippen LogP contribution in [0.5, 0.6) is 0 Å². The Hall–Kier alpha value is -0.550. The Morgan fingerprint density at radius 2 is 2.12 bits per heavy atom. The number of aryl methyl sites for hydroxylation is 1. The normalized spacial score (nSPS) is 12.0. The van der Waals surface area contributed by atoms with Crippen molar-refractivity contribution in [1.82, 2.24) is 20.3 Å². The Labute approximate surface area is 102 Å². The second-order valence-corrected chi connectivity index (χ2v) is 5.32. The van der Waals surface area contributed by atoms with Gasteiger partial charge in [0.05, 0.1) is 11.9 Å². The molecule has 0 aliphatic rings. The predicted octanol–water partition coefficient (Wildman–Crippen LogP) is 1.83. The molecule has 0 spiro atoms. The van der Waals surface area contributed by atoms with Crippen LogP contribution in [0.25, 0.3) is 0 Å². The zero-order valence-electron chi connectivity index (χ0n) is 10.7. The molecule has 0 aliphatic heterocycles. The highest BCUT2D eigenvalue weighted by Crippen LogP contribution is 2.29. The molecule has 0 saturated heterocycles. The largest absolute Gasteiger partial charge is 0.310 e. The first-order valence-electron chi connectivity index (χ1n) is 5.77. The van der Waals surface area contributed by atoms with E-state index in [1.807, 2.05) is 29.7 Å². The molecule has 0 unspecified atom stereocenters. The summed E-state index contributed by atoms with van der Waals surface area (Å²) >= 11 is 1.96. The molecular formula is C11H22N4S. The number of nitrogens with one attached hydrogen (secondary N) is 1. The summed E-state index contributed by atoms with van der Waals surface area (Å²) in [6, 6.07) is 0. The fourth-order valence-electron chi connectivity index (χ4n) is 1.75. The van der Waals surface area contributed by atoms with Gasteiger partial charge in [-0.1, -0.05) is 19.1 Å². The molecule has 1 aromatic rings. The molecule has 92 valence electrons. The molecule has 4 nitrogen and oxygen atoms in total. The Bertz CT molecular complexity index is 298. The van der Waals surface area contributed by atoms with Crippen LogP contribution in [0, 0.1) is 0 Å². The minimum absolute atomic E-state index is 0.367. The van der Waals surface area contributed by atoms with Crippen molar-refractivity contribution in [2.45, 2.75) is 38.0 Å². The third kappa shape index (κ3) is 3.22. The third-order valence-corrected chi connectivity index (χ3v) is 4.87. The fourth-order valence-corrected chi connectivity index (χ4v) is 2.57. The molecule has 0 radical (unpaired) electrons. The number of hydrogen-bond acceptors (Lipinski definition) is 4. The van der Waals surface area contributed by atoms with E-state index < -0.39 is 0 Å². The van der Waals surface area contributed by atoms with Crippen LogP contribution in [0.4, 0.5) is 0 Å². The average molecular weight is 242 g/mol. The van der Waals surface area contributed by atoms with Crippen molar-refractivity contribution in [2.75, 3.05) is 12.8 Å². The van der Waals surface area contributed by atoms with Crippen LogP contribution >= 0.6 is 11.8 Å². The second-order valence-electron chi connectivity index (χ2n) is 4.05. The number of aromatic nitrogens is 3. The number of rotatable bonds is 7. The molecule has 5 heteroatoms. The first kappa shape index (κ1) is 13.5. The van der Waals surface area contributed by atoms with Gasteiger partial charge in [-0.05, 0) is 19.1 Å². The highest BCUT2D eigenvalue weighted by Gasteiger charge is 2.24. The lowest BCUT2D eigenvalue weighted by Gasteiger charge is -2.29. The van der Waals surface area contributed by atoms with Crippen molar-refractivity contribution in [3.8, 4) is 0 Å². The average Bonchev–Trinajstić information content (AvgIpc) is 2.71. The summed E-state index contributed by atoms with van der Waals surface area (Å²) < 4.78 is 2.18. The lowest BCUT2D eigenvalue weighted by molar-refractivity contribution is 0.487. The molecule has 1 aromatic heterocycles. The van der Waals surface area contributed by atoms with Gasteiger partial charge >= 0.3 is 0 Å². The van der Waals surface area contributed by atoms with Gasteiger partial charge < -0.3 is 5.32 Å². The number of hydrogen-bond donors (Lipinski definition) is 1. The van der Waals surface area contributed by atoms with Crippen LogP contribution in [0.1, 0.15) is 32.4 Å². The summed E-state index contributed by atoms with van der Waals surface area (Å²) in [5.41, 5.74) is 1.13. The first-order valence-corrected chi connectivity index (χ1v) is 6.99. The van der Waals surface area contributed by atoms with Crippen LogP contribution in [0.2, 0.25) is 0 Å². The number of nitrogens with zero attached hydrogens (tertiary/aromatic N) is 3. The summed E-state index contributed by atoms with van der Waals surface area (Å²) in [5, 5.41) is 11.3. The van der Waals surface area contributed by atoms with Crippen molar-refractivity contribution in [1.29, 1.82) is 0 Å². The summed E-state index contributed by atoms with van der Waals surface area (Å²) in [6.45, 7) is 6.39. The zero-order valence-corrected chi connectivity index (χ0v) is 11.5. The quantitative estimate of drug-likeness (QED) is 0.792. The maximum atomic E-state index is 3.91. The van der Waals surface area contributed by atoms with E-state index in [-0.39, 0.29) is 0 Å². The van der Waals surface area contributed by atoms with Gasteiger partial charge in [-0.3, -0.25) is 4.68 Å². The summed E-state index contributed by atoms with van der Waals surface area (Å²) in [6.07, 6.45) is 6.40. The van der Waals surface area contributed by atoms with Gasteiger partial charge in [0.15, 0.2) is 0 Å². The summed E-state index contributed by atoms with van der Waals surface area (Å²) in [7, 11) is 1.92. The maximum Gasteiger partial charge on any atom is 0.0738 e. The van der Waals surface area contributed by atoms with Crippen LogP contribution in [-0.2, 0) is 13.6 Å². The maximum absolute atomic E-state index is 3.91. The Balaban J connectivity index is 2.42. The highest BCUT2D eigenvalue weighted by molar-refractivity contribution is 8.00. The van der Waals surface area contributed by atoms with Gasteiger partial charge in [0.25, 0.3) is 0 Å². The molecule has 1 N–H and O–H groups in total. The molecule has 0 amide bonds. The Morgan fingerprint density at radius 3 is 2.56 bits per heavy atom. The van der Waals surface area contributed by atoms with E-state index in [1.54, 1.807) is 0 Å². The zero-order chi connectivity index (χ0) is 12.0. The van der Waals surface area contributed by atoms with Crippen LogP contribution in [0.15, 0.2) is 6.20 Å². The van der Waals surface area contributed by atoms with Crippen molar-refractivity contribution in [3.63, 3.8) is 0 Å².